The van der Waals surface area contributed by atoms with Crippen molar-refractivity contribution < 1.29 is 0 Å². The van der Waals surface area contributed by atoms with E-state index in [1.165, 1.54) is 51.9 Å². The first-order chi connectivity index (χ1) is 7.27. The summed E-state index contributed by atoms with van der Waals surface area (Å²) >= 11 is 0. The van der Waals surface area contributed by atoms with Crippen molar-refractivity contribution >= 4 is 12.4 Å². The second-order valence-corrected chi connectivity index (χ2v) is 5.57. The quantitative estimate of drug-likeness (QED) is 0.806. The van der Waals surface area contributed by atoms with Crippen LogP contribution in [-0.4, -0.2) is 37.1 Å². The Kier molecular flexibility index (Phi) is 6.09. The lowest BCUT2D eigenvalue weighted by atomic mass is 9.80. The van der Waals surface area contributed by atoms with Gasteiger partial charge in [-0.3, -0.25) is 4.90 Å². The first kappa shape index (κ1) is 14.3. The Morgan fingerprint density at radius 2 is 1.94 bits per heavy atom. The summed E-state index contributed by atoms with van der Waals surface area (Å²) in [5.74, 6) is 1.93. The number of hydrogen-bond acceptors (Lipinski definition) is 2. The second kappa shape index (κ2) is 6.83. The molecule has 16 heavy (non-hydrogen) atoms. The lowest BCUT2D eigenvalue weighted by Crippen LogP contribution is -2.51. The van der Waals surface area contributed by atoms with Crippen LogP contribution in [0.4, 0.5) is 0 Å². The molecule has 2 unspecified atom stereocenters. The smallest absolute Gasteiger partial charge is 0.0193 e. The summed E-state index contributed by atoms with van der Waals surface area (Å²) in [6.07, 6.45) is 5.87. The first-order valence-electron chi connectivity index (χ1n) is 6.72. The highest BCUT2D eigenvalue weighted by molar-refractivity contribution is 5.85. The van der Waals surface area contributed by atoms with Gasteiger partial charge in [-0.1, -0.05) is 26.2 Å². The maximum Gasteiger partial charge on any atom is 0.0193 e. The molecule has 1 saturated heterocycles. The fourth-order valence-corrected chi connectivity index (χ4v) is 3.12. The third kappa shape index (κ3) is 3.61. The molecule has 2 nitrogen and oxygen atoms in total. The number of nitrogens with one attached hydrogen (secondary N) is 1. The molecule has 0 spiro atoms. The van der Waals surface area contributed by atoms with Gasteiger partial charge in [0.2, 0.25) is 0 Å². The molecule has 0 radical (unpaired) electrons. The third-order valence-corrected chi connectivity index (χ3v) is 4.40. The van der Waals surface area contributed by atoms with E-state index in [-0.39, 0.29) is 12.4 Å². The van der Waals surface area contributed by atoms with Crippen LogP contribution >= 0.6 is 12.4 Å². The number of halogens is 1. The van der Waals surface area contributed by atoms with Crippen molar-refractivity contribution in [1.82, 2.24) is 10.2 Å². The summed E-state index contributed by atoms with van der Waals surface area (Å²) < 4.78 is 0. The number of piperazine rings is 1. The van der Waals surface area contributed by atoms with E-state index in [2.05, 4.69) is 24.1 Å². The van der Waals surface area contributed by atoms with Crippen LogP contribution in [0.5, 0.6) is 0 Å². The lowest BCUT2D eigenvalue weighted by Gasteiger charge is -2.39. The second-order valence-electron chi connectivity index (χ2n) is 5.57. The molecule has 0 aromatic carbocycles. The van der Waals surface area contributed by atoms with Gasteiger partial charge in [0.05, 0.1) is 0 Å². The maximum atomic E-state index is 3.47. The van der Waals surface area contributed by atoms with Gasteiger partial charge in [-0.15, -0.1) is 12.4 Å². The van der Waals surface area contributed by atoms with E-state index in [0.29, 0.717) is 0 Å². The Bertz CT molecular complexity index is 178. The van der Waals surface area contributed by atoms with Crippen molar-refractivity contribution in [3.8, 4) is 0 Å². The molecule has 96 valence electrons. The normalized spacial score (nSPS) is 36.8. The summed E-state index contributed by atoms with van der Waals surface area (Å²) in [7, 11) is 0. The molecule has 3 atom stereocenters. The van der Waals surface area contributed by atoms with E-state index < -0.39 is 0 Å². The van der Waals surface area contributed by atoms with Crippen molar-refractivity contribution in [2.75, 3.05) is 26.2 Å². The predicted molar refractivity (Wildman–Crippen MR) is 72.3 cm³/mol. The highest BCUT2D eigenvalue weighted by Gasteiger charge is 2.26. The molecule has 1 aliphatic carbocycles. The van der Waals surface area contributed by atoms with Crippen molar-refractivity contribution in [2.45, 2.75) is 45.6 Å². The van der Waals surface area contributed by atoms with Crippen LogP contribution in [0.3, 0.4) is 0 Å². The van der Waals surface area contributed by atoms with Crippen molar-refractivity contribution in [3.63, 3.8) is 0 Å². The Balaban J connectivity index is 0.00000128. The van der Waals surface area contributed by atoms with Crippen LogP contribution in [0, 0.1) is 11.8 Å². The van der Waals surface area contributed by atoms with Gasteiger partial charge in [-0.05, 0) is 25.2 Å². The highest BCUT2D eigenvalue weighted by Crippen LogP contribution is 2.30. The van der Waals surface area contributed by atoms with E-state index in [1.54, 1.807) is 0 Å². The van der Waals surface area contributed by atoms with Gasteiger partial charge < -0.3 is 5.32 Å². The standard InChI is InChI=1S/C13H26N2.ClH/c1-11-5-3-4-6-13(11)10-15-8-7-14-9-12(15)2;/h11-14H,3-10H2,1-2H3;1H/t11?,12-,13?;/m0./s1. The average Bonchev–Trinajstić information content (AvgIpc) is 2.24. The number of rotatable bonds is 2. The van der Waals surface area contributed by atoms with E-state index >= 15 is 0 Å². The minimum atomic E-state index is 0. The van der Waals surface area contributed by atoms with Gasteiger partial charge in [0, 0.05) is 32.2 Å². The number of nitrogens with zero attached hydrogens (tertiary/aromatic N) is 1. The largest absolute Gasteiger partial charge is 0.314 e. The molecule has 2 aliphatic rings. The minimum absolute atomic E-state index is 0. The van der Waals surface area contributed by atoms with Gasteiger partial charge in [0.15, 0.2) is 0 Å². The Morgan fingerprint density at radius 3 is 2.62 bits per heavy atom. The van der Waals surface area contributed by atoms with Gasteiger partial charge in [0.1, 0.15) is 0 Å². The van der Waals surface area contributed by atoms with Crippen LogP contribution < -0.4 is 5.32 Å². The number of hydrogen-bond donors (Lipinski definition) is 1. The van der Waals surface area contributed by atoms with Crippen molar-refractivity contribution in [2.24, 2.45) is 11.8 Å². The van der Waals surface area contributed by atoms with E-state index in [4.69, 9.17) is 0 Å². The molecule has 3 heteroatoms. The highest BCUT2D eigenvalue weighted by atomic mass is 35.5. The maximum absolute atomic E-state index is 3.47. The fourth-order valence-electron chi connectivity index (χ4n) is 3.12. The minimum Gasteiger partial charge on any atom is -0.314 e. The molecule has 0 amide bonds. The van der Waals surface area contributed by atoms with Gasteiger partial charge in [-0.25, -0.2) is 0 Å². The zero-order chi connectivity index (χ0) is 10.7. The Morgan fingerprint density at radius 1 is 1.19 bits per heavy atom. The molecule has 1 aliphatic heterocycles. The van der Waals surface area contributed by atoms with Crippen LogP contribution in [0.15, 0.2) is 0 Å². The van der Waals surface area contributed by atoms with Crippen molar-refractivity contribution in [3.05, 3.63) is 0 Å². The predicted octanol–water partition coefficient (Wildman–Crippen LogP) is 2.53. The zero-order valence-corrected chi connectivity index (χ0v) is 11.6. The van der Waals surface area contributed by atoms with Gasteiger partial charge in [-0.2, -0.15) is 0 Å². The summed E-state index contributed by atoms with van der Waals surface area (Å²) in [5, 5.41) is 3.47. The van der Waals surface area contributed by atoms with Crippen LogP contribution in [0.2, 0.25) is 0 Å². The monoisotopic (exact) mass is 246 g/mol. The Hall–Kier alpha value is 0.210. The molecule has 0 aromatic heterocycles. The molecule has 2 rings (SSSR count). The molecular weight excluding hydrogens is 220 g/mol. The topological polar surface area (TPSA) is 15.3 Å². The third-order valence-electron chi connectivity index (χ3n) is 4.40. The summed E-state index contributed by atoms with van der Waals surface area (Å²) in [4.78, 5) is 2.70. The fraction of sp³-hybridized carbons (Fsp3) is 1.00. The SMILES string of the molecule is CC1CCCCC1CN1CCNC[C@@H]1C.Cl. The molecule has 1 saturated carbocycles. The van der Waals surface area contributed by atoms with Gasteiger partial charge >= 0.3 is 0 Å². The zero-order valence-electron chi connectivity index (χ0n) is 10.7. The summed E-state index contributed by atoms with van der Waals surface area (Å²) in [6, 6.07) is 0.743. The van der Waals surface area contributed by atoms with Crippen LogP contribution in [-0.2, 0) is 0 Å². The summed E-state index contributed by atoms with van der Waals surface area (Å²) in [5.41, 5.74) is 0. The van der Waals surface area contributed by atoms with Crippen LogP contribution in [0.1, 0.15) is 39.5 Å². The average molecular weight is 247 g/mol. The van der Waals surface area contributed by atoms with E-state index in [0.717, 1.165) is 17.9 Å². The molecule has 1 heterocycles. The molecule has 1 N–H and O–H groups in total. The van der Waals surface area contributed by atoms with E-state index in [9.17, 15) is 0 Å². The van der Waals surface area contributed by atoms with E-state index in [1.807, 2.05) is 0 Å². The van der Waals surface area contributed by atoms with Crippen molar-refractivity contribution in [1.29, 1.82) is 0 Å². The first-order valence-corrected chi connectivity index (χ1v) is 6.72. The van der Waals surface area contributed by atoms with Gasteiger partial charge in [0.25, 0.3) is 0 Å². The lowest BCUT2D eigenvalue weighted by molar-refractivity contribution is 0.110. The molecule has 2 fully saturated rings. The Labute approximate surface area is 107 Å². The molecule has 0 aromatic rings. The van der Waals surface area contributed by atoms with Crippen LogP contribution in [0.25, 0.3) is 0 Å². The molecule has 0 bridgehead atoms. The molecular formula is C13H27ClN2. The summed E-state index contributed by atoms with van der Waals surface area (Å²) in [6.45, 7) is 9.79.